The minimum atomic E-state index is -4.08. The second-order valence-electron chi connectivity index (χ2n) is 3.97. The number of primary amides is 1. The third kappa shape index (κ3) is 5.14. The lowest BCUT2D eigenvalue weighted by Crippen LogP contribution is -2.26. The number of oxime groups is 1. The standard InChI is InChI=1S/C13H16ClN2O6P/c1-3-20-23(19,21-4-2)12(11(15)17)16-22-13(18)9-7-5-6-8-10(9)14/h5-8H,3-4H2,1-2H3,(H2,15,17)/b16-12+. The van der Waals surface area contributed by atoms with Crippen molar-refractivity contribution in [3.8, 4) is 0 Å². The van der Waals surface area contributed by atoms with E-state index in [1.54, 1.807) is 26.0 Å². The molecule has 1 aromatic rings. The molecule has 1 amide bonds. The molecule has 0 aliphatic carbocycles. The summed E-state index contributed by atoms with van der Waals surface area (Å²) in [5.41, 5.74) is 4.33. The highest BCUT2D eigenvalue weighted by Gasteiger charge is 2.37. The van der Waals surface area contributed by atoms with Gasteiger partial charge in [0.15, 0.2) is 0 Å². The van der Waals surface area contributed by atoms with E-state index in [0.717, 1.165) is 0 Å². The van der Waals surface area contributed by atoms with Crippen LogP contribution in [0.2, 0.25) is 5.02 Å². The van der Waals surface area contributed by atoms with Gasteiger partial charge in [-0.1, -0.05) is 28.9 Å². The zero-order valence-corrected chi connectivity index (χ0v) is 14.2. The average Bonchev–Trinajstić information content (AvgIpc) is 2.47. The Kier molecular flexibility index (Phi) is 7.38. The van der Waals surface area contributed by atoms with Crippen LogP contribution in [0.5, 0.6) is 0 Å². The summed E-state index contributed by atoms with van der Waals surface area (Å²) in [5, 5.41) is 3.40. The Morgan fingerprint density at radius 2 is 1.78 bits per heavy atom. The van der Waals surface area contributed by atoms with Gasteiger partial charge in [0, 0.05) is 0 Å². The van der Waals surface area contributed by atoms with Crippen LogP contribution in [-0.2, 0) is 23.2 Å². The van der Waals surface area contributed by atoms with Crippen LogP contribution in [0.25, 0.3) is 0 Å². The van der Waals surface area contributed by atoms with Gasteiger partial charge in [-0.2, -0.15) is 0 Å². The molecule has 1 rings (SSSR count). The average molecular weight is 363 g/mol. The second kappa shape index (κ2) is 8.79. The molecule has 8 nitrogen and oxygen atoms in total. The molecule has 0 aliphatic heterocycles. The monoisotopic (exact) mass is 362 g/mol. The molecule has 0 saturated carbocycles. The Balaban J connectivity index is 3.08. The van der Waals surface area contributed by atoms with Gasteiger partial charge >= 0.3 is 13.6 Å². The molecule has 0 aliphatic rings. The molecule has 0 heterocycles. The van der Waals surface area contributed by atoms with E-state index in [4.69, 9.17) is 26.4 Å². The number of hydrogen-bond donors (Lipinski definition) is 1. The van der Waals surface area contributed by atoms with Crippen LogP contribution in [0.15, 0.2) is 29.4 Å². The number of carbonyl (C=O) groups is 2. The third-order valence-corrected chi connectivity index (χ3v) is 4.73. The van der Waals surface area contributed by atoms with Crippen LogP contribution in [-0.4, -0.2) is 30.5 Å². The van der Waals surface area contributed by atoms with Gasteiger partial charge in [0.1, 0.15) is 0 Å². The molecule has 0 fully saturated rings. The first-order valence-electron chi connectivity index (χ1n) is 6.59. The first-order valence-corrected chi connectivity index (χ1v) is 8.51. The largest absolute Gasteiger partial charge is 0.388 e. The first kappa shape index (κ1) is 19.3. The summed E-state index contributed by atoms with van der Waals surface area (Å²) in [6.45, 7) is 3.03. The zero-order chi connectivity index (χ0) is 17.5. The number of halogens is 1. The van der Waals surface area contributed by atoms with Crippen molar-refractivity contribution in [3.05, 3.63) is 34.9 Å². The van der Waals surface area contributed by atoms with Gasteiger partial charge in [-0.05, 0) is 26.0 Å². The molecule has 0 saturated heterocycles. The third-order valence-electron chi connectivity index (χ3n) is 2.39. The quantitative estimate of drug-likeness (QED) is 0.328. The van der Waals surface area contributed by atoms with E-state index in [2.05, 4.69) is 9.99 Å². The van der Waals surface area contributed by atoms with E-state index in [0.29, 0.717) is 0 Å². The van der Waals surface area contributed by atoms with Crippen LogP contribution in [0.1, 0.15) is 24.2 Å². The smallest absolute Gasteiger partial charge is 0.364 e. The summed E-state index contributed by atoms with van der Waals surface area (Å²) in [4.78, 5) is 28.0. The van der Waals surface area contributed by atoms with E-state index in [9.17, 15) is 14.2 Å². The predicted octanol–water partition coefficient (Wildman–Crippen LogP) is 2.56. The van der Waals surface area contributed by atoms with Crippen molar-refractivity contribution in [2.75, 3.05) is 13.2 Å². The maximum absolute atomic E-state index is 12.5. The Hall–Kier alpha value is -1.73. The Labute approximate surface area is 138 Å². The Morgan fingerprint density at radius 3 is 2.26 bits per heavy atom. The van der Waals surface area contributed by atoms with Crippen molar-refractivity contribution in [1.29, 1.82) is 0 Å². The first-order chi connectivity index (χ1) is 10.9. The number of nitrogens with zero attached hydrogens (tertiary/aromatic N) is 1. The zero-order valence-electron chi connectivity index (χ0n) is 12.5. The molecular formula is C13H16ClN2O6P. The summed E-state index contributed by atoms with van der Waals surface area (Å²) in [6, 6.07) is 6.05. The molecule has 0 atom stereocenters. The lowest BCUT2D eigenvalue weighted by Gasteiger charge is -2.16. The number of nitrogens with two attached hydrogens (primary N) is 1. The molecule has 2 N–H and O–H groups in total. The number of hydrogen-bond acceptors (Lipinski definition) is 7. The molecule has 23 heavy (non-hydrogen) atoms. The molecular weight excluding hydrogens is 347 g/mol. The summed E-state index contributed by atoms with van der Waals surface area (Å²) in [6.07, 6.45) is 0. The van der Waals surface area contributed by atoms with Crippen molar-refractivity contribution in [2.24, 2.45) is 10.9 Å². The molecule has 0 spiro atoms. The normalized spacial score (nSPS) is 12.0. The topological polar surface area (TPSA) is 117 Å². The highest BCUT2D eigenvalue weighted by molar-refractivity contribution is 7.75. The summed E-state index contributed by atoms with van der Waals surface area (Å²) < 4.78 is 22.4. The molecule has 1 aromatic carbocycles. The minimum Gasteiger partial charge on any atom is -0.364 e. The Bertz CT molecular complexity index is 654. The van der Waals surface area contributed by atoms with Crippen molar-refractivity contribution < 1.29 is 28.0 Å². The predicted molar refractivity (Wildman–Crippen MR) is 84.4 cm³/mol. The van der Waals surface area contributed by atoms with Gasteiger partial charge in [-0.3, -0.25) is 9.36 Å². The molecule has 0 unspecified atom stereocenters. The van der Waals surface area contributed by atoms with Gasteiger partial charge in [0.2, 0.25) is 0 Å². The molecule has 0 bridgehead atoms. The lowest BCUT2D eigenvalue weighted by atomic mass is 10.2. The van der Waals surface area contributed by atoms with Crippen LogP contribution in [0.4, 0.5) is 0 Å². The summed E-state index contributed by atoms with van der Waals surface area (Å²) in [5.74, 6) is -2.14. The van der Waals surface area contributed by atoms with Crippen molar-refractivity contribution in [3.63, 3.8) is 0 Å². The maximum atomic E-state index is 12.5. The van der Waals surface area contributed by atoms with E-state index < -0.39 is 24.9 Å². The number of benzene rings is 1. The molecule has 10 heteroatoms. The van der Waals surface area contributed by atoms with Gasteiger partial charge < -0.3 is 19.6 Å². The van der Waals surface area contributed by atoms with E-state index in [1.807, 2.05) is 0 Å². The van der Waals surface area contributed by atoms with Crippen molar-refractivity contribution in [1.82, 2.24) is 0 Å². The highest BCUT2D eigenvalue weighted by atomic mass is 35.5. The fraction of sp³-hybridized carbons (Fsp3) is 0.308. The molecule has 0 radical (unpaired) electrons. The van der Waals surface area contributed by atoms with E-state index in [1.165, 1.54) is 12.1 Å². The van der Waals surface area contributed by atoms with Crippen molar-refractivity contribution >= 4 is 36.5 Å². The summed E-state index contributed by atoms with van der Waals surface area (Å²) >= 11 is 5.84. The molecule has 126 valence electrons. The fourth-order valence-corrected chi connectivity index (χ4v) is 3.11. The van der Waals surface area contributed by atoms with Gasteiger partial charge in [-0.15, -0.1) is 0 Å². The van der Waals surface area contributed by atoms with Crippen molar-refractivity contribution in [2.45, 2.75) is 13.8 Å². The minimum absolute atomic E-state index is 0.0180. The number of rotatable bonds is 8. The van der Waals surface area contributed by atoms with Gasteiger partial charge in [0.25, 0.3) is 11.4 Å². The van der Waals surface area contributed by atoms with Crippen LogP contribution >= 0.6 is 19.2 Å². The molecule has 0 aromatic heterocycles. The van der Waals surface area contributed by atoms with Gasteiger partial charge in [0.05, 0.1) is 23.8 Å². The fourth-order valence-electron chi connectivity index (χ4n) is 1.49. The van der Waals surface area contributed by atoms with E-state index >= 15 is 0 Å². The van der Waals surface area contributed by atoms with E-state index in [-0.39, 0.29) is 23.8 Å². The Morgan fingerprint density at radius 1 is 1.22 bits per heavy atom. The SMILES string of the molecule is CCOP(=O)(OCC)/C(=N/OC(=O)c1ccccc1Cl)C(N)=O. The summed E-state index contributed by atoms with van der Waals surface area (Å²) in [7, 11) is -4.08. The number of carbonyl (C=O) groups excluding carboxylic acids is 2. The van der Waals surface area contributed by atoms with Gasteiger partial charge in [-0.25, -0.2) is 4.79 Å². The van der Waals surface area contributed by atoms with Crippen LogP contribution in [0, 0.1) is 0 Å². The van der Waals surface area contributed by atoms with Crippen LogP contribution < -0.4 is 5.73 Å². The number of amides is 1. The second-order valence-corrected chi connectivity index (χ2v) is 6.31. The highest BCUT2D eigenvalue weighted by Crippen LogP contribution is 2.49. The maximum Gasteiger partial charge on any atom is 0.388 e. The van der Waals surface area contributed by atoms with Crippen LogP contribution in [0.3, 0.4) is 0 Å². The lowest BCUT2D eigenvalue weighted by molar-refractivity contribution is -0.111.